The standard InChI is InChI=1S/C106H105BN4O/c1-100(2,3)70-39-46-87-81(57-70)82-58-71(101(4,5)6)40-47-88(82)108(87)77-43-45-86-94(63-77)111(92-37-29-35-80-79-34-28-36-91(98(79)112-99(80)92)110-89-48-41-72(102(7,8)9)59-83(89)84-60-73(103(10,11)12)42-49-90(84)110)96-62-76(106(19,20)21)61-95-97(96)107(86)85-44-38-66(69-51-74(104(13,14)15)56-75(52-69)105(16,17)18)55-93(85)109(95)78-53-67(64-30-24-22-25-31-64)50-68(54-78)65-32-26-23-27-33-65/h22-63H,1-21H3. The number of benzene rings is 13. The first kappa shape index (κ1) is 72.5. The molecule has 0 fully saturated rings. The fourth-order valence-electron chi connectivity index (χ4n) is 17.9. The Labute approximate surface area is 663 Å². The Morgan fingerprint density at radius 3 is 1.05 bits per heavy atom. The summed E-state index contributed by atoms with van der Waals surface area (Å²) in [6.45, 7) is 49.0. The summed E-state index contributed by atoms with van der Waals surface area (Å²) in [6, 6.07) is 99.0. The minimum atomic E-state index is -0.314. The van der Waals surface area contributed by atoms with Crippen LogP contribution in [0, 0.1) is 0 Å². The molecular formula is C106H105BN4O. The summed E-state index contributed by atoms with van der Waals surface area (Å²) < 4.78 is 13.0. The van der Waals surface area contributed by atoms with E-state index in [1.807, 2.05) is 0 Å². The van der Waals surface area contributed by atoms with Crippen LogP contribution in [0.15, 0.2) is 259 Å². The highest BCUT2D eigenvalue weighted by Crippen LogP contribution is 2.53. The van der Waals surface area contributed by atoms with Crippen molar-refractivity contribution in [3.63, 3.8) is 0 Å². The highest BCUT2D eigenvalue weighted by molar-refractivity contribution is 7.00. The largest absolute Gasteiger partial charge is 0.452 e. The fourth-order valence-corrected chi connectivity index (χ4v) is 17.9. The molecule has 16 aromatic rings. The molecule has 18 rings (SSSR count). The fraction of sp³-hybridized carbons (Fsp3) is 0.264. The van der Waals surface area contributed by atoms with Gasteiger partial charge in [-0.3, -0.25) is 0 Å². The summed E-state index contributed by atoms with van der Waals surface area (Å²) in [5.41, 5.74) is 34.2. The van der Waals surface area contributed by atoms with Crippen molar-refractivity contribution in [1.82, 2.24) is 9.13 Å². The van der Waals surface area contributed by atoms with E-state index >= 15 is 0 Å². The Balaban J connectivity index is 0.961. The number of furan rings is 1. The quantitative estimate of drug-likeness (QED) is 0.149. The van der Waals surface area contributed by atoms with Crippen LogP contribution >= 0.6 is 0 Å². The van der Waals surface area contributed by atoms with Crippen LogP contribution in [0.3, 0.4) is 0 Å². The highest BCUT2D eigenvalue weighted by Gasteiger charge is 2.46. The summed E-state index contributed by atoms with van der Waals surface area (Å²) in [5.74, 6) is 0. The molecule has 5 nitrogen and oxygen atoms in total. The third-order valence-electron chi connectivity index (χ3n) is 24.5. The van der Waals surface area contributed by atoms with Gasteiger partial charge in [-0.1, -0.05) is 291 Å². The lowest BCUT2D eigenvalue weighted by Gasteiger charge is -2.45. The van der Waals surface area contributed by atoms with E-state index in [1.165, 1.54) is 99.0 Å². The smallest absolute Gasteiger partial charge is 0.252 e. The lowest BCUT2D eigenvalue weighted by Crippen LogP contribution is -2.61. The summed E-state index contributed by atoms with van der Waals surface area (Å²) >= 11 is 0. The van der Waals surface area contributed by atoms with Crippen molar-refractivity contribution < 1.29 is 4.42 Å². The van der Waals surface area contributed by atoms with Crippen LogP contribution in [-0.4, -0.2) is 15.8 Å². The Morgan fingerprint density at radius 2 is 0.607 bits per heavy atom. The number of fused-ring (bicyclic) bond motifs is 13. The third-order valence-corrected chi connectivity index (χ3v) is 24.5. The number of nitrogens with zero attached hydrogens (tertiary/aromatic N) is 4. The Bertz CT molecular complexity index is 6310. The van der Waals surface area contributed by atoms with Gasteiger partial charge in [0.05, 0.1) is 33.4 Å². The van der Waals surface area contributed by atoms with Gasteiger partial charge in [-0.05, 0) is 236 Å². The molecular weight excluding hydrogens is 1360 g/mol. The van der Waals surface area contributed by atoms with Gasteiger partial charge in [-0.2, -0.15) is 0 Å². The molecule has 13 aromatic carbocycles. The Kier molecular flexibility index (Phi) is 16.3. The zero-order valence-electron chi connectivity index (χ0n) is 69.5. The van der Waals surface area contributed by atoms with Gasteiger partial charge in [-0.25, -0.2) is 0 Å². The van der Waals surface area contributed by atoms with Crippen LogP contribution in [0.4, 0.5) is 34.1 Å². The van der Waals surface area contributed by atoms with E-state index in [4.69, 9.17) is 4.42 Å². The molecule has 0 N–H and O–H groups in total. The van der Waals surface area contributed by atoms with Crippen molar-refractivity contribution in [1.29, 1.82) is 0 Å². The molecule has 0 saturated carbocycles. The topological polar surface area (TPSA) is 29.5 Å². The van der Waals surface area contributed by atoms with E-state index in [9.17, 15) is 0 Å². The molecule has 0 radical (unpaired) electrons. The zero-order chi connectivity index (χ0) is 78.6. The molecule has 3 aromatic heterocycles. The molecule has 0 aliphatic carbocycles. The van der Waals surface area contributed by atoms with Crippen LogP contribution in [0.2, 0.25) is 0 Å². The molecule has 558 valence electrons. The van der Waals surface area contributed by atoms with Gasteiger partial charge < -0.3 is 23.4 Å². The first-order valence-electron chi connectivity index (χ1n) is 40.6. The Morgan fingerprint density at radius 1 is 0.223 bits per heavy atom. The second-order valence-electron chi connectivity index (χ2n) is 39.6. The monoisotopic (exact) mass is 1460 g/mol. The SMILES string of the molecule is CC(C)(C)c1cc(-c2ccc3c(c2)N(c2cc(-c4ccccc4)cc(-c4ccccc4)c2)c2cc(C(C)(C)C)cc4c2B3c2ccc(-n3c5ccc(C(C)(C)C)cc5c5cc(C(C)(C)C)ccc53)cc2N4c2cccc3c2oc2c(-n4c5ccc(C(C)(C)C)cc5c5cc(C(C)(C)C)ccc54)cccc23)cc(C(C)(C)C)c1. The predicted molar refractivity (Wildman–Crippen MR) is 484 cm³/mol. The first-order valence-corrected chi connectivity index (χ1v) is 40.6. The zero-order valence-corrected chi connectivity index (χ0v) is 69.5. The van der Waals surface area contributed by atoms with Crippen LogP contribution in [0.5, 0.6) is 0 Å². The molecule has 0 amide bonds. The Hall–Kier alpha value is -11.1. The summed E-state index contributed by atoms with van der Waals surface area (Å²) in [5, 5.41) is 7.13. The summed E-state index contributed by atoms with van der Waals surface area (Å²) in [4.78, 5) is 5.28. The van der Waals surface area contributed by atoms with E-state index in [1.54, 1.807) is 0 Å². The van der Waals surface area contributed by atoms with E-state index in [2.05, 4.69) is 419 Å². The van der Waals surface area contributed by atoms with Gasteiger partial charge in [0.25, 0.3) is 6.71 Å². The van der Waals surface area contributed by atoms with Crippen molar-refractivity contribution in [2.45, 2.75) is 183 Å². The maximum atomic E-state index is 7.96. The second kappa shape index (κ2) is 25.2. The van der Waals surface area contributed by atoms with E-state index in [0.29, 0.717) is 0 Å². The van der Waals surface area contributed by atoms with Crippen molar-refractivity contribution in [2.75, 3.05) is 9.80 Å². The van der Waals surface area contributed by atoms with Crippen molar-refractivity contribution >= 4 is 123 Å². The molecule has 2 aliphatic rings. The van der Waals surface area contributed by atoms with E-state index in [-0.39, 0.29) is 44.6 Å². The maximum absolute atomic E-state index is 7.96. The van der Waals surface area contributed by atoms with Crippen molar-refractivity contribution in [2.24, 2.45) is 0 Å². The van der Waals surface area contributed by atoms with Gasteiger partial charge in [0, 0.05) is 66.4 Å². The average Bonchev–Trinajstić information content (AvgIpc) is 0.824. The van der Waals surface area contributed by atoms with Crippen LogP contribution in [0.25, 0.3) is 110 Å². The molecule has 112 heavy (non-hydrogen) atoms. The van der Waals surface area contributed by atoms with Gasteiger partial charge >= 0.3 is 0 Å². The number of rotatable bonds is 7. The molecule has 5 heterocycles. The van der Waals surface area contributed by atoms with Gasteiger partial charge in [0.2, 0.25) is 0 Å². The second-order valence-corrected chi connectivity index (χ2v) is 39.6. The lowest BCUT2D eigenvalue weighted by atomic mass is 9.33. The summed E-state index contributed by atoms with van der Waals surface area (Å²) in [6.07, 6.45) is 0. The minimum Gasteiger partial charge on any atom is -0.452 e. The number of hydrogen-bond acceptors (Lipinski definition) is 3. The van der Waals surface area contributed by atoms with Gasteiger partial charge in [0.15, 0.2) is 11.2 Å². The molecule has 2 aliphatic heterocycles. The van der Waals surface area contributed by atoms with Crippen LogP contribution in [0.1, 0.15) is 184 Å². The average molecular weight is 1460 g/mol. The van der Waals surface area contributed by atoms with Crippen LogP contribution in [-0.2, 0) is 37.9 Å². The van der Waals surface area contributed by atoms with Crippen LogP contribution < -0.4 is 26.2 Å². The first-order chi connectivity index (χ1) is 52.9. The summed E-state index contributed by atoms with van der Waals surface area (Å²) in [7, 11) is 0. The van der Waals surface area contributed by atoms with Gasteiger partial charge in [-0.15, -0.1) is 0 Å². The number of aromatic nitrogens is 2. The normalized spacial score (nSPS) is 13.7. The molecule has 6 heteroatoms. The highest BCUT2D eigenvalue weighted by atomic mass is 16.3. The third kappa shape index (κ3) is 12.0. The number of anilines is 6. The van der Waals surface area contributed by atoms with Crippen molar-refractivity contribution in [3.05, 3.63) is 294 Å². The number of para-hydroxylation sites is 2. The molecule has 0 bridgehead atoms. The molecule has 0 saturated heterocycles. The number of hydrogen-bond donors (Lipinski definition) is 0. The molecule has 0 spiro atoms. The maximum Gasteiger partial charge on any atom is 0.252 e. The predicted octanol–water partition coefficient (Wildman–Crippen LogP) is 27.9. The molecule has 0 atom stereocenters. The molecule has 0 unspecified atom stereocenters. The minimum absolute atomic E-state index is 0.0465. The lowest BCUT2D eigenvalue weighted by molar-refractivity contribution is 0.569. The van der Waals surface area contributed by atoms with Crippen molar-refractivity contribution in [3.8, 4) is 44.8 Å². The van der Waals surface area contributed by atoms with E-state index in [0.717, 1.165) is 101 Å². The van der Waals surface area contributed by atoms with E-state index < -0.39 is 0 Å². The van der Waals surface area contributed by atoms with Gasteiger partial charge in [0.1, 0.15) is 0 Å².